The number of rotatable bonds is 4. The van der Waals surface area contributed by atoms with Crippen molar-refractivity contribution in [2.45, 2.75) is 187 Å². The van der Waals surface area contributed by atoms with Gasteiger partial charge in [-0.15, -0.1) is 0 Å². The van der Waals surface area contributed by atoms with Crippen LogP contribution in [-0.2, 0) is 0 Å². The Hall–Kier alpha value is -5.92. The molecule has 1 heteroatoms. The van der Waals surface area contributed by atoms with Gasteiger partial charge >= 0.3 is 0 Å². The van der Waals surface area contributed by atoms with E-state index in [9.17, 15) is 0 Å². The molecule has 9 aromatic rings. The fourth-order valence-corrected chi connectivity index (χ4v) is 14.0. The maximum atomic E-state index is 7.09. The fourth-order valence-electron chi connectivity index (χ4n) is 14.0. The summed E-state index contributed by atoms with van der Waals surface area (Å²) in [5.74, 6) is 0. The number of hydrogen-bond acceptors (Lipinski definition) is 1. The predicted octanol–water partition coefficient (Wildman–Crippen LogP) is 20.9. The number of fused-ring (bicyclic) bond motifs is 5. The molecule has 0 spiro atoms. The van der Waals surface area contributed by atoms with Crippen LogP contribution in [0.25, 0.3) is 88.0 Å². The second kappa shape index (κ2) is 17.1. The molecule has 72 heavy (non-hydrogen) atoms. The second-order valence-electron chi connectivity index (χ2n) is 23.1. The van der Waals surface area contributed by atoms with Gasteiger partial charge in [0, 0.05) is 10.8 Å². The van der Waals surface area contributed by atoms with Gasteiger partial charge in [0.2, 0.25) is 0 Å². The quantitative estimate of drug-likeness (QED) is 0.160. The lowest BCUT2D eigenvalue weighted by molar-refractivity contribution is 0.661. The summed E-state index contributed by atoms with van der Waals surface area (Å²) in [4.78, 5) is 0. The van der Waals surface area contributed by atoms with Gasteiger partial charge in [-0.1, -0.05) is 0 Å². The van der Waals surface area contributed by atoms with Gasteiger partial charge in [0.1, 0.15) is 11.2 Å². The van der Waals surface area contributed by atoms with E-state index in [-0.39, 0.29) is 0 Å². The highest BCUT2D eigenvalue weighted by molar-refractivity contribution is 6.28. The molecule has 372 valence electrons. The highest BCUT2D eigenvalue weighted by atomic mass is 16.3. The summed E-state index contributed by atoms with van der Waals surface area (Å²) in [6, 6.07) is 2.61. The minimum absolute atomic E-state index is 1.03. The van der Waals surface area contributed by atoms with Gasteiger partial charge in [-0.05, 0) is 409 Å². The summed E-state index contributed by atoms with van der Waals surface area (Å²) in [5, 5.41) is 8.08. The normalized spacial score (nSPS) is 12.1. The van der Waals surface area contributed by atoms with Crippen molar-refractivity contribution in [1.29, 1.82) is 0 Å². The monoisotopic (exact) mass is 951 g/mol. The SMILES string of the molecule is Cc1c(C)c(C)c(-c2cc(-c3c(C)c(C)c(C)c(C)c3C)c(C)c(-c3c4c(C)c(C)c(C)c(C)c4c(-c4c(C)c(C)c5oc6c(C)c(C)c(C)c(C)c6c5c4C)c4c(C)c(C)c(C)c(C)c34)c2C)c(C)c1C. The van der Waals surface area contributed by atoms with E-state index < -0.39 is 0 Å². The zero-order chi connectivity index (χ0) is 53.2. The van der Waals surface area contributed by atoms with Crippen molar-refractivity contribution in [3.63, 3.8) is 0 Å². The molecule has 0 unspecified atom stereocenters. The Labute approximate surface area is 433 Å². The Balaban J connectivity index is 1.64. The average Bonchev–Trinajstić information content (AvgIpc) is 3.76. The highest BCUT2D eigenvalue weighted by Crippen LogP contribution is 2.56. The van der Waals surface area contributed by atoms with Crippen molar-refractivity contribution in [2.24, 2.45) is 0 Å². The third-order valence-electron chi connectivity index (χ3n) is 20.6. The van der Waals surface area contributed by atoms with Crippen LogP contribution in [0.3, 0.4) is 0 Å². The maximum absolute atomic E-state index is 7.09. The zero-order valence-corrected chi connectivity index (χ0v) is 49.5. The number of benzene rings is 8. The molecular weight excluding hydrogens is 869 g/mol. The third kappa shape index (κ3) is 6.50. The predicted molar refractivity (Wildman–Crippen MR) is 318 cm³/mol. The molecule has 0 fully saturated rings. The van der Waals surface area contributed by atoms with Gasteiger partial charge in [-0.2, -0.15) is 0 Å². The Morgan fingerprint density at radius 3 is 0.694 bits per heavy atom. The van der Waals surface area contributed by atoms with Gasteiger partial charge in [0.15, 0.2) is 0 Å². The molecular formula is C71H82O. The van der Waals surface area contributed by atoms with Gasteiger partial charge in [0.05, 0.1) is 0 Å². The number of furan rings is 1. The molecule has 0 bridgehead atoms. The molecule has 0 aliphatic heterocycles. The molecule has 0 saturated carbocycles. The summed E-state index contributed by atoms with van der Waals surface area (Å²) in [7, 11) is 0. The summed E-state index contributed by atoms with van der Waals surface area (Å²) < 4.78 is 7.09. The molecule has 0 radical (unpaired) electrons. The number of aryl methyl sites for hydroxylation is 8. The molecule has 0 aliphatic carbocycles. The van der Waals surface area contributed by atoms with Gasteiger partial charge in [-0.3, -0.25) is 0 Å². The lowest BCUT2D eigenvalue weighted by atomic mass is 9.72. The Bertz CT molecular complexity index is 3760. The number of hydrogen-bond donors (Lipinski definition) is 0. The van der Waals surface area contributed by atoms with Crippen LogP contribution < -0.4 is 0 Å². The van der Waals surface area contributed by atoms with Crippen molar-refractivity contribution >= 4 is 43.5 Å². The smallest absolute Gasteiger partial charge is 0.138 e. The third-order valence-corrected chi connectivity index (χ3v) is 20.6. The van der Waals surface area contributed by atoms with Crippen LogP contribution in [-0.4, -0.2) is 0 Å². The van der Waals surface area contributed by atoms with E-state index in [2.05, 4.69) is 193 Å². The molecule has 1 aromatic heterocycles. The second-order valence-corrected chi connectivity index (χ2v) is 23.1. The Kier molecular flexibility index (Phi) is 12.1. The van der Waals surface area contributed by atoms with Crippen molar-refractivity contribution in [3.05, 3.63) is 156 Å². The van der Waals surface area contributed by atoms with Crippen LogP contribution in [0.2, 0.25) is 0 Å². The van der Waals surface area contributed by atoms with Crippen LogP contribution in [0.1, 0.15) is 150 Å². The van der Waals surface area contributed by atoms with E-state index in [0.717, 1.165) is 11.2 Å². The fraction of sp³-hybridized carbons (Fsp3) is 0.380. The molecule has 0 atom stereocenters. The molecule has 0 N–H and O–H groups in total. The van der Waals surface area contributed by atoms with Gasteiger partial charge < -0.3 is 4.42 Å². The average molecular weight is 951 g/mol. The van der Waals surface area contributed by atoms with Crippen molar-refractivity contribution < 1.29 is 4.42 Å². The van der Waals surface area contributed by atoms with Crippen LogP contribution in [0.4, 0.5) is 0 Å². The van der Waals surface area contributed by atoms with Crippen LogP contribution in [0.5, 0.6) is 0 Å². The van der Waals surface area contributed by atoms with E-state index in [0.29, 0.717) is 0 Å². The standard InChI is InChI=1S/C71H82O/c1-29-31(3)41(13)58(42(14)32(29)4)56-28-57(59-43(15)33(5)30(2)34(6)44(59)16)54(26)61(53(56)25)69-64-47(19)37(9)35(7)45(17)62(64)68(63-46(18)36(8)38(10)48(20)65(63)69)60-50(22)52(24)71-67(55(60)27)66-49(21)39(11)40(12)51(23)70(66)72-71/h28H,1-27H3. The lowest BCUT2D eigenvalue weighted by Gasteiger charge is -2.31. The minimum atomic E-state index is 1.03. The lowest BCUT2D eigenvalue weighted by Crippen LogP contribution is -2.08. The highest BCUT2D eigenvalue weighted by Gasteiger charge is 2.33. The molecule has 8 aromatic carbocycles. The van der Waals surface area contributed by atoms with Crippen molar-refractivity contribution in [1.82, 2.24) is 0 Å². The molecule has 0 amide bonds. The summed E-state index contributed by atoms with van der Waals surface area (Å²) in [6.07, 6.45) is 0. The summed E-state index contributed by atoms with van der Waals surface area (Å²) in [5.41, 5.74) is 49.7. The Morgan fingerprint density at radius 2 is 0.375 bits per heavy atom. The van der Waals surface area contributed by atoms with Crippen LogP contribution in [0.15, 0.2) is 10.5 Å². The first-order valence-corrected chi connectivity index (χ1v) is 26.7. The first kappa shape index (κ1) is 51.0. The minimum Gasteiger partial charge on any atom is -0.455 e. The van der Waals surface area contributed by atoms with E-state index in [1.165, 1.54) is 227 Å². The summed E-state index contributed by atoms with van der Waals surface area (Å²) >= 11 is 0. The molecule has 0 saturated heterocycles. The topological polar surface area (TPSA) is 13.1 Å². The van der Waals surface area contributed by atoms with E-state index in [4.69, 9.17) is 4.42 Å². The van der Waals surface area contributed by atoms with Crippen LogP contribution >= 0.6 is 0 Å². The zero-order valence-electron chi connectivity index (χ0n) is 49.5. The molecule has 1 nitrogen and oxygen atoms in total. The maximum Gasteiger partial charge on any atom is 0.138 e. The van der Waals surface area contributed by atoms with Crippen LogP contribution in [0, 0.1) is 187 Å². The molecule has 9 rings (SSSR count). The van der Waals surface area contributed by atoms with Crippen molar-refractivity contribution in [2.75, 3.05) is 0 Å². The van der Waals surface area contributed by atoms with Crippen molar-refractivity contribution in [3.8, 4) is 44.5 Å². The molecule has 1 heterocycles. The largest absolute Gasteiger partial charge is 0.455 e. The summed E-state index contributed by atoms with van der Waals surface area (Å²) in [6.45, 7) is 63.7. The van der Waals surface area contributed by atoms with E-state index in [1.54, 1.807) is 0 Å². The van der Waals surface area contributed by atoms with Gasteiger partial charge in [-0.25, -0.2) is 0 Å². The first-order chi connectivity index (χ1) is 33.6. The van der Waals surface area contributed by atoms with Gasteiger partial charge in [0.25, 0.3) is 0 Å². The Morgan fingerprint density at radius 1 is 0.167 bits per heavy atom. The first-order valence-electron chi connectivity index (χ1n) is 26.7. The molecule has 0 aliphatic rings. The van der Waals surface area contributed by atoms with E-state index in [1.807, 2.05) is 0 Å². The van der Waals surface area contributed by atoms with E-state index >= 15 is 0 Å².